The summed E-state index contributed by atoms with van der Waals surface area (Å²) in [7, 11) is 3.82. The van der Waals surface area contributed by atoms with Crippen LogP contribution in [0, 0.1) is 6.92 Å². The van der Waals surface area contributed by atoms with Gasteiger partial charge < -0.3 is 10.2 Å². The second-order valence-corrected chi connectivity index (χ2v) is 5.60. The molecule has 0 radical (unpaired) electrons. The van der Waals surface area contributed by atoms with Gasteiger partial charge in [0, 0.05) is 25.9 Å². The summed E-state index contributed by atoms with van der Waals surface area (Å²) in [6.45, 7) is 2.13. The molecule has 24 heavy (non-hydrogen) atoms. The van der Waals surface area contributed by atoms with E-state index < -0.39 is 0 Å². The van der Waals surface area contributed by atoms with Gasteiger partial charge in [-0.15, -0.1) is 0 Å². The molecule has 0 aliphatic heterocycles. The fraction of sp³-hybridized carbons (Fsp3) is 0.235. The molecule has 2 heterocycles. The summed E-state index contributed by atoms with van der Waals surface area (Å²) < 4.78 is 0. The number of nitrogens with one attached hydrogen (secondary N) is 1. The van der Waals surface area contributed by atoms with Crippen molar-refractivity contribution in [3.63, 3.8) is 0 Å². The van der Waals surface area contributed by atoms with E-state index >= 15 is 0 Å². The minimum atomic E-state index is -0.301. The zero-order chi connectivity index (χ0) is 17.1. The standard InChI is InChI=1S/C17H18N6O/c1-11-8-16(23(2)3)22-15(20-11)10-19-17(24)14-9-18-12-6-4-5-7-13(12)21-14/h4-9H,10H2,1-3H3,(H,19,24). The summed E-state index contributed by atoms with van der Waals surface area (Å²) >= 11 is 0. The van der Waals surface area contributed by atoms with Crippen LogP contribution in [0.4, 0.5) is 5.82 Å². The Morgan fingerprint density at radius 3 is 2.62 bits per heavy atom. The number of para-hydroxylation sites is 2. The van der Waals surface area contributed by atoms with Crippen molar-refractivity contribution in [2.24, 2.45) is 0 Å². The Morgan fingerprint density at radius 1 is 1.12 bits per heavy atom. The van der Waals surface area contributed by atoms with Crippen molar-refractivity contribution in [3.8, 4) is 0 Å². The number of aromatic nitrogens is 4. The topological polar surface area (TPSA) is 83.9 Å². The molecule has 1 N–H and O–H groups in total. The SMILES string of the molecule is Cc1cc(N(C)C)nc(CNC(=O)c2cnc3ccccc3n2)n1. The van der Waals surface area contributed by atoms with Gasteiger partial charge in [0.2, 0.25) is 0 Å². The third kappa shape index (κ3) is 3.45. The molecule has 0 spiro atoms. The van der Waals surface area contributed by atoms with Crippen LogP contribution in [0.5, 0.6) is 0 Å². The number of benzene rings is 1. The van der Waals surface area contributed by atoms with Crippen LogP contribution in [0.25, 0.3) is 11.0 Å². The van der Waals surface area contributed by atoms with Gasteiger partial charge in [0.1, 0.15) is 17.3 Å². The summed E-state index contributed by atoms with van der Waals surface area (Å²) in [6.07, 6.45) is 1.47. The number of rotatable bonds is 4. The fourth-order valence-corrected chi connectivity index (χ4v) is 2.24. The zero-order valence-corrected chi connectivity index (χ0v) is 13.8. The maximum absolute atomic E-state index is 12.3. The number of nitrogens with zero attached hydrogens (tertiary/aromatic N) is 5. The van der Waals surface area contributed by atoms with Gasteiger partial charge in [-0.25, -0.2) is 15.0 Å². The summed E-state index contributed by atoms with van der Waals surface area (Å²) in [5.41, 5.74) is 2.57. The molecule has 0 unspecified atom stereocenters. The Bertz CT molecular complexity index is 893. The van der Waals surface area contributed by atoms with Crippen LogP contribution in [0.1, 0.15) is 22.0 Å². The number of anilines is 1. The van der Waals surface area contributed by atoms with Gasteiger partial charge in [0.15, 0.2) is 0 Å². The highest BCUT2D eigenvalue weighted by Crippen LogP contribution is 2.10. The first-order chi connectivity index (χ1) is 11.5. The molecule has 0 saturated carbocycles. The van der Waals surface area contributed by atoms with Crippen LogP contribution in [0.2, 0.25) is 0 Å². The lowest BCUT2D eigenvalue weighted by Crippen LogP contribution is -2.25. The second kappa shape index (κ2) is 6.57. The summed E-state index contributed by atoms with van der Waals surface area (Å²) in [5, 5.41) is 2.79. The van der Waals surface area contributed by atoms with E-state index in [1.807, 2.05) is 56.3 Å². The number of carbonyl (C=O) groups is 1. The molecule has 3 rings (SSSR count). The minimum absolute atomic E-state index is 0.232. The Kier molecular flexibility index (Phi) is 4.33. The van der Waals surface area contributed by atoms with E-state index in [0.717, 1.165) is 17.0 Å². The summed E-state index contributed by atoms with van der Waals surface area (Å²) in [4.78, 5) is 31.5. The summed E-state index contributed by atoms with van der Waals surface area (Å²) in [5.74, 6) is 1.06. The molecule has 0 atom stereocenters. The Hall–Kier alpha value is -3.09. The largest absolute Gasteiger partial charge is 0.363 e. The quantitative estimate of drug-likeness (QED) is 0.787. The molecule has 0 fully saturated rings. The van der Waals surface area contributed by atoms with Gasteiger partial charge in [-0.3, -0.25) is 9.78 Å². The van der Waals surface area contributed by atoms with Crippen molar-refractivity contribution in [3.05, 3.63) is 53.7 Å². The van der Waals surface area contributed by atoms with Crippen molar-refractivity contribution in [1.82, 2.24) is 25.3 Å². The molecule has 2 aromatic heterocycles. The van der Waals surface area contributed by atoms with Crippen LogP contribution in [-0.2, 0) is 6.54 Å². The predicted octanol–water partition coefficient (Wildman–Crippen LogP) is 1.72. The number of hydrogen-bond acceptors (Lipinski definition) is 6. The minimum Gasteiger partial charge on any atom is -0.363 e. The molecule has 0 aliphatic carbocycles. The van der Waals surface area contributed by atoms with E-state index in [-0.39, 0.29) is 18.1 Å². The Morgan fingerprint density at radius 2 is 1.88 bits per heavy atom. The van der Waals surface area contributed by atoms with Crippen molar-refractivity contribution < 1.29 is 4.79 Å². The van der Waals surface area contributed by atoms with Gasteiger partial charge in [-0.2, -0.15) is 0 Å². The zero-order valence-electron chi connectivity index (χ0n) is 13.8. The monoisotopic (exact) mass is 322 g/mol. The summed E-state index contributed by atoms with van der Waals surface area (Å²) in [6, 6.07) is 9.32. The predicted molar refractivity (Wildman–Crippen MR) is 91.8 cm³/mol. The highest BCUT2D eigenvalue weighted by atomic mass is 16.1. The first-order valence-electron chi connectivity index (χ1n) is 7.55. The van der Waals surface area contributed by atoms with E-state index in [1.165, 1.54) is 6.20 Å². The molecule has 0 saturated heterocycles. The molecule has 122 valence electrons. The lowest BCUT2D eigenvalue weighted by molar-refractivity contribution is 0.0945. The van der Waals surface area contributed by atoms with Crippen molar-refractivity contribution in [2.45, 2.75) is 13.5 Å². The van der Waals surface area contributed by atoms with Gasteiger partial charge in [-0.05, 0) is 19.1 Å². The second-order valence-electron chi connectivity index (χ2n) is 5.60. The van der Waals surface area contributed by atoms with Gasteiger partial charge in [0.05, 0.1) is 23.8 Å². The molecule has 1 amide bonds. The van der Waals surface area contributed by atoms with E-state index in [2.05, 4.69) is 25.3 Å². The van der Waals surface area contributed by atoms with Crippen LogP contribution >= 0.6 is 0 Å². The van der Waals surface area contributed by atoms with Crippen molar-refractivity contribution in [1.29, 1.82) is 0 Å². The average Bonchev–Trinajstić information content (AvgIpc) is 2.58. The maximum Gasteiger partial charge on any atom is 0.271 e. The number of aryl methyl sites for hydroxylation is 1. The molecule has 7 heteroatoms. The van der Waals surface area contributed by atoms with Crippen molar-refractivity contribution >= 4 is 22.8 Å². The van der Waals surface area contributed by atoms with E-state index in [4.69, 9.17) is 0 Å². The van der Waals surface area contributed by atoms with Crippen LogP contribution in [0.3, 0.4) is 0 Å². The molecular formula is C17H18N6O. The number of carbonyl (C=O) groups excluding carboxylic acids is 1. The fourth-order valence-electron chi connectivity index (χ4n) is 2.24. The Labute approximate surface area is 139 Å². The van der Waals surface area contributed by atoms with E-state index in [0.29, 0.717) is 11.3 Å². The van der Waals surface area contributed by atoms with Crippen LogP contribution in [-0.4, -0.2) is 39.9 Å². The molecule has 7 nitrogen and oxygen atoms in total. The number of amides is 1. The lowest BCUT2D eigenvalue weighted by Gasteiger charge is -2.13. The Balaban J connectivity index is 1.75. The molecule has 1 aromatic carbocycles. The number of hydrogen-bond donors (Lipinski definition) is 1. The van der Waals surface area contributed by atoms with Gasteiger partial charge in [0.25, 0.3) is 5.91 Å². The van der Waals surface area contributed by atoms with Crippen molar-refractivity contribution in [2.75, 3.05) is 19.0 Å². The smallest absolute Gasteiger partial charge is 0.271 e. The van der Waals surface area contributed by atoms with E-state index in [9.17, 15) is 4.79 Å². The highest BCUT2D eigenvalue weighted by Gasteiger charge is 2.10. The van der Waals surface area contributed by atoms with Crippen LogP contribution < -0.4 is 10.2 Å². The normalized spacial score (nSPS) is 10.6. The van der Waals surface area contributed by atoms with Crippen LogP contribution in [0.15, 0.2) is 36.5 Å². The third-order valence-electron chi connectivity index (χ3n) is 3.43. The number of fused-ring (bicyclic) bond motifs is 1. The average molecular weight is 322 g/mol. The van der Waals surface area contributed by atoms with Gasteiger partial charge in [-0.1, -0.05) is 12.1 Å². The lowest BCUT2D eigenvalue weighted by atomic mass is 10.3. The highest BCUT2D eigenvalue weighted by molar-refractivity contribution is 5.93. The molecule has 0 aliphatic rings. The maximum atomic E-state index is 12.3. The molecular weight excluding hydrogens is 304 g/mol. The molecule has 3 aromatic rings. The van der Waals surface area contributed by atoms with E-state index in [1.54, 1.807) is 0 Å². The third-order valence-corrected chi connectivity index (χ3v) is 3.43. The van der Waals surface area contributed by atoms with Gasteiger partial charge >= 0.3 is 0 Å². The first-order valence-corrected chi connectivity index (χ1v) is 7.55. The molecule has 0 bridgehead atoms. The first kappa shape index (κ1) is 15.8.